The molecule has 0 nitrogen and oxygen atoms in total. The Labute approximate surface area is 277 Å². The van der Waals surface area contributed by atoms with Gasteiger partial charge >= 0.3 is 255 Å². The molecule has 0 radical (unpaired) electrons. The molecule has 0 saturated carbocycles. The largest absolute Gasteiger partial charge is 1.00 e. The maximum Gasteiger partial charge on any atom is -1.00 e. The molecule has 0 aromatic heterocycles. The van der Waals surface area contributed by atoms with Crippen molar-refractivity contribution in [3.8, 4) is 0 Å². The molecule has 0 N–H and O–H groups in total. The summed E-state index contributed by atoms with van der Waals surface area (Å²) >= 11 is -1.50. The first-order valence-corrected chi connectivity index (χ1v) is 16.9. The van der Waals surface area contributed by atoms with Gasteiger partial charge in [0.2, 0.25) is 0 Å². The van der Waals surface area contributed by atoms with Crippen molar-refractivity contribution in [3.05, 3.63) is 178 Å². The van der Waals surface area contributed by atoms with Crippen LogP contribution in [0.3, 0.4) is 0 Å². The van der Waals surface area contributed by atoms with Crippen LogP contribution in [0.4, 0.5) is 0 Å². The molecular weight excluding hydrogens is 643 g/mol. The Hall–Kier alpha value is -3.22. The molecule has 0 bridgehead atoms. The molecule has 43 heavy (non-hydrogen) atoms. The van der Waals surface area contributed by atoms with E-state index in [0.717, 1.165) is 0 Å². The molecule has 0 heterocycles. The van der Waals surface area contributed by atoms with Crippen molar-refractivity contribution in [3.63, 3.8) is 0 Å². The van der Waals surface area contributed by atoms with E-state index in [0.29, 0.717) is 0 Å². The number of fused-ring (bicyclic) bond motifs is 4. The molecule has 3 heteroatoms. The first-order valence-electron chi connectivity index (χ1n) is 14.5. The molecule has 0 amide bonds. The topological polar surface area (TPSA) is 0 Å². The molecule has 6 aromatic rings. The molecule has 0 fully saturated rings. The van der Waals surface area contributed by atoms with Crippen molar-refractivity contribution in [2.24, 2.45) is 0 Å². The Morgan fingerprint density at radius 3 is 1.30 bits per heavy atom. The minimum absolute atomic E-state index is 0. The molecule has 2 aliphatic carbocycles. The minimum Gasteiger partial charge on any atom is -1.00 e. The Morgan fingerprint density at radius 2 is 0.837 bits per heavy atom. The van der Waals surface area contributed by atoms with Crippen LogP contribution >= 0.6 is 0 Å². The zero-order valence-electron chi connectivity index (χ0n) is 24.1. The van der Waals surface area contributed by atoms with Crippen molar-refractivity contribution >= 4 is 33.7 Å². The Morgan fingerprint density at radius 1 is 0.442 bits per heavy atom. The minimum atomic E-state index is -1.50. The van der Waals surface area contributed by atoms with E-state index >= 15 is 0 Å². The molecule has 0 aliphatic heterocycles. The number of hydrogen-bond acceptors (Lipinski definition) is 0. The standard InChI is InChI=1S/2C20H15.2ClH.Zr/c2*1-14-10-11-16-7-3-5-9-18(16)20(14)19-13-12-15-6-2-4-8-17(15)19;;;/h2*2-13H,1H3;2*1H;/q;;;;+2/p-2. The average molecular weight is 673 g/mol. The molecule has 2 aliphatic rings. The van der Waals surface area contributed by atoms with E-state index in [2.05, 4.69) is 159 Å². The molecule has 208 valence electrons. The summed E-state index contributed by atoms with van der Waals surface area (Å²) in [4.78, 5) is 0. The number of allylic oxidation sites excluding steroid dienone is 2. The first kappa shape index (κ1) is 29.8. The fraction of sp³-hybridized carbons (Fsp3) is 0.100. The van der Waals surface area contributed by atoms with E-state index in [4.69, 9.17) is 0 Å². The third-order valence-electron chi connectivity index (χ3n) is 9.25. The summed E-state index contributed by atoms with van der Waals surface area (Å²) in [6, 6.07) is 45.6. The van der Waals surface area contributed by atoms with Gasteiger partial charge < -0.3 is 24.8 Å². The van der Waals surface area contributed by atoms with Crippen LogP contribution in [0.5, 0.6) is 0 Å². The van der Waals surface area contributed by atoms with Crippen molar-refractivity contribution in [1.29, 1.82) is 0 Å². The number of hydrogen-bond donors (Lipinski definition) is 0. The number of halogens is 2. The SMILES string of the molecule is Cc1ccc2ccccc2c1[C]1([Zr+2][C]2(c3c(C)ccc4ccccc34)C=Cc3ccccc32)C=Cc2ccccc21.[Cl-].[Cl-]. The van der Waals surface area contributed by atoms with E-state index in [1.807, 2.05) is 0 Å². The first-order chi connectivity index (χ1) is 20.1. The molecule has 6 aromatic carbocycles. The van der Waals surface area contributed by atoms with Crippen LogP contribution in [-0.4, -0.2) is 0 Å². The summed E-state index contributed by atoms with van der Waals surface area (Å²) < 4.78 is -0.286. The van der Waals surface area contributed by atoms with Crippen LogP contribution in [0.1, 0.15) is 44.5 Å². The van der Waals surface area contributed by atoms with Crippen LogP contribution in [0, 0.1) is 13.8 Å². The number of aryl methyl sites for hydroxylation is 2. The number of benzene rings is 6. The van der Waals surface area contributed by atoms with Crippen LogP contribution in [-0.2, 0) is 29.5 Å². The predicted octanol–water partition coefficient (Wildman–Crippen LogP) is 3.94. The van der Waals surface area contributed by atoms with Crippen LogP contribution in [0.15, 0.2) is 133 Å². The van der Waals surface area contributed by atoms with Gasteiger partial charge in [-0.3, -0.25) is 0 Å². The van der Waals surface area contributed by atoms with Gasteiger partial charge in [-0.2, -0.15) is 0 Å². The molecule has 0 spiro atoms. The predicted molar refractivity (Wildman–Crippen MR) is 170 cm³/mol. The second-order valence-electron chi connectivity index (χ2n) is 11.5. The summed E-state index contributed by atoms with van der Waals surface area (Å²) in [5.41, 5.74) is 11.4. The maximum absolute atomic E-state index is 2.59. The molecule has 2 atom stereocenters. The van der Waals surface area contributed by atoms with Gasteiger partial charge in [0.25, 0.3) is 0 Å². The Kier molecular flexibility index (Phi) is 7.89. The Bertz CT molecular complexity index is 1920. The van der Waals surface area contributed by atoms with Gasteiger partial charge in [-0.1, -0.05) is 0 Å². The van der Waals surface area contributed by atoms with Gasteiger partial charge in [-0.05, 0) is 0 Å². The van der Waals surface area contributed by atoms with Gasteiger partial charge in [0.05, 0.1) is 0 Å². The summed E-state index contributed by atoms with van der Waals surface area (Å²) in [6.45, 7) is 4.65. The normalized spacial score (nSPS) is 19.4. The zero-order valence-corrected chi connectivity index (χ0v) is 28.1. The van der Waals surface area contributed by atoms with Gasteiger partial charge in [-0.15, -0.1) is 0 Å². The molecule has 2 unspecified atom stereocenters. The average Bonchev–Trinajstić information content (AvgIpc) is 3.56. The van der Waals surface area contributed by atoms with E-state index in [9.17, 15) is 0 Å². The third-order valence-corrected chi connectivity index (χ3v) is 14.6. The maximum atomic E-state index is 2.59. The van der Waals surface area contributed by atoms with Crippen LogP contribution in [0.2, 0.25) is 0 Å². The quantitative estimate of drug-likeness (QED) is 0.267. The second kappa shape index (κ2) is 11.4. The Balaban J connectivity index is 0.00000165. The van der Waals surface area contributed by atoms with Gasteiger partial charge in [0.15, 0.2) is 0 Å². The molecular formula is C40H30Cl2Zr. The van der Waals surface area contributed by atoms with Gasteiger partial charge in [-0.25, -0.2) is 0 Å². The molecule has 0 saturated heterocycles. The van der Waals surface area contributed by atoms with Gasteiger partial charge in [0.1, 0.15) is 0 Å². The van der Waals surface area contributed by atoms with Crippen molar-refractivity contribution in [1.82, 2.24) is 0 Å². The summed E-state index contributed by atoms with van der Waals surface area (Å²) in [5.74, 6) is 0. The smallest absolute Gasteiger partial charge is 1.00 e. The monoisotopic (exact) mass is 670 g/mol. The van der Waals surface area contributed by atoms with Crippen LogP contribution in [0.25, 0.3) is 33.7 Å². The van der Waals surface area contributed by atoms with Crippen molar-refractivity contribution in [2.75, 3.05) is 0 Å². The fourth-order valence-corrected chi connectivity index (χ4v) is 13.9. The van der Waals surface area contributed by atoms with Crippen LogP contribution < -0.4 is 24.8 Å². The molecule has 8 rings (SSSR count). The number of rotatable bonds is 4. The van der Waals surface area contributed by atoms with Crippen molar-refractivity contribution in [2.45, 2.75) is 20.1 Å². The summed E-state index contributed by atoms with van der Waals surface area (Å²) in [7, 11) is 0. The van der Waals surface area contributed by atoms with E-state index < -0.39 is 23.2 Å². The summed E-state index contributed by atoms with van der Waals surface area (Å²) in [6.07, 6.45) is 10.0. The zero-order chi connectivity index (χ0) is 27.6. The van der Waals surface area contributed by atoms with E-state index in [1.54, 1.807) is 0 Å². The van der Waals surface area contributed by atoms with Crippen molar-refractivity contribution < 1.29 is 48.0 Å². The second-order valence-corrected chi connectivity index (χ2v) is 16.0. The van der Waals surface area contributed by atoms with E-state index in [1.165, 1.54) is 66.1 Å². The van der Waals surface area contributed by atoms with E-state index in [-0.39, 0.29) is 31.1 Å². The fourth-order valence-electron chi connectivity index (χ4n) is 7.51. The van der Waals surface area contributed by atoms with Gasteiger partial charge in [0, 0.05) is 0 Å². The third kappa shape index (κ3) is 4.43. The summed E-state index contributed by atoms with van der Waals surface area (Å²) in [5, 5.41) is 5.41.